The molecule has 0 saturated carbocycles. The maximum atomic E-state index is 12.1. The second-order valence-electron chi connectivity index (χ2n) is 5.46. The van der Waals surface area contributed by atoms with E-state index >= 15 is 0 Å². The van der Waals surface area contributed by atoms with Gasteiger partial charge in [-0.1, -0.05) is 36.4 Å². The Bertz CT molecular complexity index is 675. The maximum absolute atomic E-state index is 12.1. The first kappa shape index (κ1) is 19.3. The van der Waals surface area contributed by atoms with E-state index in [9.17, 15) is 9.59 Å². The highest BCUT2D eigenvalue weighted by molar-refractivity contribution is 5.82. The summed E-state index contributed by atoms with van der Waals surface area (Å²) in [5.41, 5.74) is 0. The zero-order chi connectivity index (χ0) is 18.6. The quantitative estimate of drug-likeness (QED) is 0.549. The number of hydrogen-bond donors (Lipinski definition) is 1. The van der Waals surface area contributed by atoms with Gasteiger partial charge in [0.2, 0.25) is 0 Å². The Morgan fingerprint density at radius 2 is 1.58 bits per heavy atom. The lowest BCUT2D eigenvalue weighted by Crippen LogP contribution is -2.43. The summed E-state index contributed by atoms with van der Waals surface area (Å²) in [5.74, 6) is 0.675. The average molecular weight is 357 g/mol. The number of nitrogens with one attached hydrogen (secondary N) is 1. The van der Waals surface area contributed by atoms with Crippen LogP contribution in [-0.2, 0) is 9.53 Å². The minimum Gasteiger partial charge on any atom is -0.494 e. The fraction of sp³-hybridized carbons (Fsp3) is 0.300. The number of amides is 1. The fourth-order valence-corrected chi connectivity index (χ4v) is 2.25. The molecular formula is C20H23NO5. The molecule has 6 nitrogen and oxygen atoms in total. The summed E-state index contributed by atoms with van der Waals surface area (Å²) in [5, 5.41) is 2.56. The molecule has 0 saturated heterocycles. The molecule has 6 heteroatoms. The summed E-state index contributed by atoms with van der Waals surface area (Å²) in [7, 11) is 0. The summed E-state index contributed by atoms with van der Waals surface area (Å²) in [6.45, 7) is 2.39. The highest BCUT2D eigenvalue weighted by atomic mass is 16.6. The predicted molar refractivity (Wildman–Crippen MR) is 97.2 cm³/mol. The minimum atomic E-state index is -0.787. The Morgan fingerprint density at radius 1 is 0.962 bits per heavy atom. The van der Waals surface area contributed by atoms with Crippen LogP contribution in [0, 0.1) is 0 Å². The van der Waals surface area contributed by atoms with Crippen LogP contribution >= 0.6 is 0 Å². The third-order valence-electron chi connectivity index (χ3n) is 3.47. The molecule has 0 heterocycles. The van der Waals surface area contributed by atoms with Gasteiger partial charge in [-0.3, -0.25) is 0 Å². The van der Waals surface area contributed by atoms with E-state index < -0.39 is 18.1 Å². The van der Waals surface area contributed by atoms with Gasteiger partial charge in [-0.05, 0) is 44.0 Å². The number of carbonyl (C=O) groups excluding carboxylic acids is 2. The van der Waals surface area contributed by atoms with E-state index in [1.54, 1.807) is 31.2 Å². The van der Waals surface area contributed by atoms with Crippen molar-refractivity contribution in [2.45, 2.75) is 25.8 Å². The highest BCUT2D eigenvalue weighted by Crippen LogP contribution is 2.11. The summed E-state index contributed by atoms with van der Waals surface area (Å²) in [6.07, 6.45) is 0.262. The van der Waals surface area contributed by atoms with Crippen LogP contribution in [0.25, 0.3) is 0 Å². The van der Waals surface area contributed by atoms with E-state index in [-0.39, 0.29) is 6.61 Å². The van der Waals surface area contributed by atoms with Crippen LogP contribution in [0.2, 0.25) is 0 Å². The number of para-hydroxylation sites is 2. The molecule has 0 aliphatic carbocycles. The van der Waals surface area contributed by atoms with Gasteiger partial charge in [0.05, 0.1) is 13.2 Å². The Labute approximate surface area is 153 Å². The summed E-state index contributed by atoms with van der Waals surface area (Å²) >= 11 is 0. The van der Waals surface area contributed by atoms with Crippen molar-refractivity contribution in [3.05, 3.63) is 60.7 Å². The van der Waals surface area contributed by atoms with E-state index in [1.807, 2.05) is 36.4 Å². The Kier molecular flexibility index (Phi) is 7.99. The third kappa shape index (κ3) is 6.84. The second kappa shape index (κ2) is 10.8. The van der Waals surface area contributed by atoms with Gasteiger partial charge in [0.15, 0.2) is 0 Å². The summed E-state index contributed by atoms with van der Waals surface area (Å²) in [4.78, 5) is 24.1. The van der Waals surface area contributed by atoms with Crippen molar-refractivity contribution in [3.63, 3.8) is 0 Å². The first-order valence-corrected chi connectivity index (χ1v) is 8.57. The Balaban J connectivity index is 1.82. The molecular weight excluding hydrogens is 334 g/mol. The normalized spacial score (nSPS) is 11.3. The van der Waals surface area contributed by atoms with Gasteiger partial charge in [0, 0.05) is 0 Å². The topological polar surface area (TPSA) is 73.9 Å². The van der Waals surface area contributed by atoms with Crippen LogP contribution in [0.4, 0.5) is 4.79 Å². The molecule has 0 fully saturated rings. The van der Waals surface area contributed by atoms with Crippen molar-refractivity contribution in [2.75, 3.05) is 13.2 Å². The molecule has 2 aromatic rings. The van der Waals surface area contributed by atoms with E-state index in [1.165, 1.54) is 0 Å². The monoisotopic (exact) mass is 357 g/mol. The minimum absolute atomic E-state index is 0.241. The molecule has 0 radical (unpaired) electrons. The smallest absolute Gasteiger partial charge is 0.413 e. The summed E-state index contributed by atoms with van der Waals surface area (Å²) < 4.78 is 15.8. The molecule has 26 heavy (non-hydrogen) atoms. The lowest BCUT2D eigenvalue weighted by molar-refractivity contribution is -0.145. The molecule has 1 amide bonds. The molecule has 0 unspecified atom stereocenters. The van der Waals surface area contributed by atoms with Gasteiger partial charge < -0.3 is 19.5 Å². The van der Waals surface area contributed by atoms with Crippen molar-refractivity contribution in [3.8, 4) is 11.5 Å². The molecule has 0 bridgehead atoms. The number of esters is 1. The van der Waals surface area contributed by atoms with E-state index in [4.69, 9.17) is 14.2 Å². The molecule has 0 aromatic heterocycles. The van der Waals surface area contributed by atoms with Gasteiger partial charge in [-0.25, -0.2) is 9.59 Å². The van der Waals surface area contributed by atoms with Crippen molar-refractivity contribution in [2.24, 2.45) is 0 Å². The zero-order valence-electron chi connectivity index (χ0n) is 14.7. The Morgan fingerprint density at radius 3 is 2.19 bits per heavy atom. The van der Waals surface area contributed by atoms with E-state index in [0.717, 1.165) is 5.75 Å². The molecule has 0 aliphatic rings. The van der Waals surface area contributed by atoms with Gasteiger partial charge >= 0.3 is 12.1 Å². The van der Waals surface area contributed by atoms with E-state index in [0.29, 0.717) is 25.2 Å². The average Bonchev–Trinajstić information content (AvgIpc) is 2.66. The zero-order valence-corrected chi connectivity index (χ0v) is 14.7. The van der Waals surface area contributed by atoms with Gasteiger partial charge in [-0.2, -0.15) is 0 Å². The van der Waals surface area contributed by atoms with Crippen LogP contribution in [0.3, 0.4) is 0 Å². The summed E-state index contributed by atoms with van der Waals surface area (Å²) in [6, 6.07) is 17.3. The van der Waals surface area contributed by atoms with Crippen LogP contribution in [0.1, 0.15) is 19.8 Å². The number of benzene rings is 2. The van der Waals surface area contributed by atoms with Gasteiger partial charge in [0.25, 0.3) is 0 Å². The first-order chi connectivity index (χ1) is 12.7. The standard InChI is InChI=1S/C20H23NO5/c1-2-24-19(22)18(14-9-15-25-16-10-5-3-6-11-16)21-20(23)26-17-12-7-4-8-13-17/h3-8,10-13,18H,2,9,14-15H2,1H3,(H,21,23)/t18-/m1/s1. The molecule has 2 aromatic carbocycles. The van der Waals surface area contributed by atoms with Crippen LogP contribution in [-0.4, -0.2) is 31.3 Å². The fourth-order valence-electron chi connectivity index (χ4n) is 2.25. The van der Waals surface area contributed by atoms with E-state index in [2.05, 4.69) is 5.32 Å². The SMILES string of the molecule is CCOC(=O)[C@@H](CCCOc1ccccc1)NC(=O)Oc1ccccc1. The predicted octanol–water partition coefficient (Wildman–Crippen LogP) is 3.57. The van der Waals surface area contributed by atoms with Crippen LogP contribution in [0.5, 0.6) is 11.5 Å². The number of hydrogen-bond acceptors (Lipinski definition) is 5. The lowest BCUT2D eigenvalue weighted by atomic mass is 10.1. The van der Waals surface area contributed by atoms with Crippen molar-refractivity contribution in [1.29, 1.82) is 0 Å². The molecule has 138 valence electrons. The van der Waals surface area contributed by atoms with Crippen molar-refractivity contribution < 1.29 is 23.8 Å². The molecule has 2 rings (SSSR count). The van der Waals surface area contributed by atoms with Crippen molar-refractivity contribution >= 4 is 12.1 Å². The first-order valence-electron chi connectivity index (χ1n) is 8.57. The lowest BCUT2D eigenvalue weighted by Gasteiger charge is -2.17. The largest absolute Gasteiger partial charge is 0.494 e. The number of carbonyl (C=O) groups is 2. The molecule has 0 aliphatic heterocycles. The molecule has 1 atom stereocenters. The highest BCUT2D eigenvalue weighted by Gasteiger charge is 2.22. The number of ether oxygens (including phenoxy) is 3. The Hall–Kier alpha value is -3.02. The maximum Gasteiger partial charge on any atom is 0.413 e. The molecule has 0 spiro atoms. The second-order valence-corrected chi connectivity index (χ2v) is 5.46. The van der Waals surface area contributed by atoms with Gasteiger partial charge in [-0.15, -0.1) is 0 Å². The molecule has 1 N–H and O–H groups in total. The van der Waals surface area contributed by atoms with Crippen molar-refractivity contribution in [1.82, 2.24) is 5.32 Å². The number of rotatable bonds is 9. The third-order valence-corrected chi connectivity index (χ3v) is 3.47. The van der Waals surface area contributed by atoms with Gasteiger partial charge in [0.1, 0.15) is 17.5 Å². The van der Waals surface area contributed by atoms with Crippen LogP contribution in [0.15, 0.2) is 60.7 Å². The van der Waals surface area contributed by atoms with Crippen LogP contribution < -0.4 is 14.8 Å².